The highest BCUT2D eigenvalue weighted by molar-refractivity contribution is 5.91. The predicted octanol–water partition coefficient (Wildman–Crippen LogP) is 2.89. The van der Waals surface area contributed by atoms with Crippen molar-refractivity contribution in [2.24, 2.45) is 0 Å². The summed E-state index contributed by atoms with van der Waals surface area (Å²) in [5, 5.41) is 2.85. The fourth-order valence-electron chi connectivity index (χ4n) is 3.39. The summed E-state index contributed by atoms with van der Waals surface area (Å²) in [6.07, 6.45) is 5.73. The Morgan fingerprint density at radius 3 is 2.93 bits per heavy atom. The van der Waals surface area contributed by atoms with Crippen LogP contribution in [-0.4, -0.2) is 41.1 Å². The maximum absolute atomic E-state index is 13.4. The first kappa shape index (κ1) is 18.1. The van der Waals surface area contributed by atoms with Gasteiger partial charge in [-0.2, -0.15) is 0 Å². The molecule has 27 heavy (non-hydrogen) atoms. The molecule has 1 aliphatic carbocycles. The quantitative estimate of drug-likeness (QED) is 0.771. The van der Waals surface area contributed by atoms with Gasteiger partial charge in [-0.1, -0.05) is 12.1 Å². The number of oxazole rings is 1. The fourth-order valence-corrected chi connectivity index (χ4v) is 3.39. The van der Waals surface area contributed by atoms with E-state index in [-0.39, 0.29) is 23.5 Å². The number of hydrogen-bond donors (Lipinski definition) is 1. The molecule has 1 saturated heterocycles. The molecule has 2 aromatic rings. The fraction of sp³-hybridized carbons (Fsp3) is 0.500. The molecule has 1 amide bonds. The number of hydrogen-bond acceptors (Lipinski definition) is 5. The first-order valence-electron chi connectivity index (χ1n) is 9.50. The molecule has 2 heterocycles. The topological polar surface area (TPSA) is 67.6 Å². The number of benzene rings is 1. The molecular formula is C20H24FN3O3. The Hall–Kier alpha value is -2.25. The van der Waals surface area contributed by atoms with Crippen molar-refractivity contribution in [1.29, 1.82) is 0 Å². The van der Waals surface area contributed by atoms with Crippen molar-refractivity contribution in [1.82, 2.24) is 15.2 Å². The Morgan fingerprint density at radius 2 is 2.19 bits per heavy atom. The van der Waals surface area contributed by atoms with Crippen molar-refractivity contribution >= 4 is 5.91 Å². The average molecular weight is 373 g/mol. The van der Waals surface area contributed by atoms with E-state index in [1.165, 1.54) is 12.3 Å². The first-order chi connectivity index (χ1) is 13.2. The molecule has 4 rings (SSSR count). The molecule has 1 N–H and O–H groups in total. The summed E-state index contributed by atoms with van der Waals surface area (Å²) < 4.78 is 24.4. The lowest BCUT2D eigenvalue weighted by Crippen LogP contribution is -2.32. The van der Waals surface area contributed by atoms with Gasteiger partial charge in [0.2, 0.25) is 5.89 Å². The van der Waals surface area contributed by atoms with Crippen LogP contribution in [-0.2, 0) is 17.8 Å². The van der Waals surface area contributed by atoms with Crippen molar-refractivity contribution in [3.05, 3.63) is 53.5 Å². The molecule has 1 aliphatic heterocycles. The largest absolute Gasteiger partial charge is 0.447 e. The van der Waals surface area contributed by atoms with Crippen molar-refractivity contribution in [2.75, 3.05) is 13.2 Å². The van der Waals surface area contributed by atoms with E-state index in [4.69, 9.17) is 9.15 Å². The average Bonchev–Trinajstić information content (AvgIpc) is 3.17. The molecule has 1 aromatic heterocycles. The number of halogens is 1. The summed E-state index contributed by atoms with van der Waals surface area (Å²) in [5.74, 6) is 0.0220. The van der Waals surface area contributed by atoms with Gasteiger partial charge in [-0.3, -0.25) is 9.69 Å². The van der Waals surface area contributed by atoms with Gasteiger partial charge >= 0.3 is 0 Å². The van der Waals surface area contributed by atoms with Crippen molar-refractivity contribution < 1.29 is 18.3 Å². The second-order valence-electron chi connectivity index (χ2n) is 7.24. The summed E-state index contributed by atoms with van der Waals surface area (Å²) in [6, 6.07) is 7.09. The summed E-state index contributed by atoms with van der Waals surface area (Å²) in [5.41, 5.74) is 1.20. The number of rotatable bonds is 8. The zero-order chi connectivity index (χ0) is 18.6. The van der Waals surface area contributed by atoms with Gasteiger partial charge < -0.3 is 14.5 Å². The van der Waals surface area contributed by atoms with E-state index < -0.39 is 0 Å². The van der Waals surface area contributed by atoms with Gasteiger partial charge in [0.05, 0.1) is 12.6 Å². The van der Waals surface area contributed by atoms with Crippen LogP contribution in [0.15, 0.2) is 34.9 Å². The van der Waals surface area contributed by atoms with Crippen molar-refractivity contribution in [3.8, 4) is 0 Å². The number of amides is 1. The maximum Gasteiger partial charge on any atom is 0.273 e. The van der Waals surface area contributed by atoms with Crippen LogP contribution in [0.4, 0.5) is 4.39 Å². The standard InChI is InChI=1S/C20H24FN3O3/c21-15-4-1-3-14(9-15)11-24(16-6-7-16)12-19-23-18(13-27-19)20(25)22-10-17-5-2-8-26-17/h1,3-4,9,13,16-17H,2,5-8,10-12H2,(H,22,25). The zero-order valence-corrected chi connectivity index (χ0v) is 15.2. The molecule has 2 fully saturated rings. The van der Waals surface area contributed by atoms with Gasteiger partial charge in [-0.15, -0.1) is 0 Å². The van der Waals surface area contributed by atoms with E-state index in [1.54, 1.807) is 12.1 Å². The van der Waals surface area contributed by atoms with Crippen LogP contribution in [0, 0.1) is 5.82 Å². The van der Waals surface area contributed by atoms with E-state index in [0.717, 1.165) is 37.9 Å². The van der Waals surface area contributed by atoms with Crippen LogP contribution in [0.2, 0.25) is 0 Å². The smallest absolute Gasteiger partial charge is 0.273 e. The molecule has 1 unspecified atom stereocenters. The monoisotopic (exact) mass is 373 g/mol. The van der Waals surface area contributed by atoms with E-state index in [9.17, 15) is 9.18 Å². The minimum Gasteiger partial charge on any atom is -0.447 e. The van der Waals surface area contributed by atoms with Crippen LogP contribution >= 0.6 is 0 Å². The molecule has 1 aromatic carbocycles. The zero-order valence-electron chi connectivity index (χ0n) is 15.2. The van der Waals surface area contributed by atoms with Gasteiger partial charge in [0.15, 0.2) is 5.69 Å². The number of nitrogens with one attached hydrogen (secondary N) is 1. The lowest BCUT2D eigenvalue weighted by molar-refractivity contribution is 0.0853. The van der Waals surface area contributed by atoms with E-state index >= 15 is 0 Å². The Kier molecular flexibility index (Phi) is 5.50. The van der Waals surface area contributed by atoms with Crippen LogP contribution in [0.5, 0.6) is 0 Å². The molecule has 1 saturated carbocycles. The second-order valence-corrected chi connectivity index (χ2v) is 7.24. The van der Waals surface area contributed by atoms with E-state index in [2.05, 4.69) is 15.2 Å². The Morgan fingerprint density at radius 1 is 1.30 bits per heavy atom. The number of carbonyl (C=O) groups is 1. The minimum absolute atomic E-state index is 0.0944. The Balaban J connectivity index is 1.34. The normalized spacial score (nSPS) is 19.6. The first-order valence-corrected chi connectivity index (χ1v) is 9.50. The van der Waals surface area contributed by atoms with Gasteiger partial charge in [-0.05, 0) is 43.4 Å². The molecule has 0 spiro atoms. The third-order valence-electron chi connectivity index (χ3n) is 4.97. The van der Waals surface area contributed by atoms with Gasteiger partial charge in [0.25, 0.3) is 5.91 Å². The summed E-state index contributed by atoms with van der Waals surface area (Å²) in [7, 11) is 0. The van der Waals surface area contributed by atoms with Crippen molar-refractivity contribution in [3.63, 3.8) is 0 Å². The van der Waals surface area contributed by atoms with E-state index in [0.29, 0.717) is 31.6 Å². The van der Waals surface area contributed by atoms with Gasteiger partial charge in [-0.25, -0.2) is 9.37 Å². The number of ether oxygens (including phenoxy) is 1. The van der Waals surface area contributed by atoms with Crippen LogP contribution in [0.1, 0.15) is 47.6 Å². The second kappa shape index (κ2) is 8.19. The molecule has 0 bridgehead atoms. The molecule has 1 atom stereocenters. The van der Waals surface area contributed by atoms with Crippen molar-refractivity contribution in [2.45, 2.75) is 50.9 Å². The Labute approximate surface area is 157 Å². The minimum atomic E-state index is -0.247. The number of aromatic nitrogens is 1. The molecule has 144 valence electrons. The summed E-state index contributed by atoms with van der Waals surface area (Å²) in [4.78, 5) is 18.8. The predicted molar refractivity (Wildman–Crippen MR) is 96.5 cm³/mol. The van der Waals surface area contributed by atoms with Crippen LogP contribution < -0.4 is 5.32 Å². The number of nitrogens with zero attached hydrogens (tertiary/aromatic N) is 2. The lowest BCUT2D eigenvalue weighted by Gasteiger charge is -2.20. The third kappa shape index (κ3) is 4.93. The molecular weight excluding hydrogens is 349 g/mol. The Bertz CT molecular complexity index is 784. The van der Waals surface area contributed by atoms with Crippen LogP contribution in [0.25, 0.3) is 0 Å². The molecule has 7 heteroatoms. The van der Waals surface area contributed by atoms with Gasteiger partial charge in [0.1, 0.15) is 12.1 Å². The maximum atomic E-state index is 13.4. The highest BCUT2D eigenvalue weighted by atomic mass is 19.1. The SMILES string of the molecule is O=C(NCC1CCCO1)c1coc(CN(Cc2cccc(F)c2)C2CC2)n1. The van der Waals surface area contributed by atoms with Gasteiger partial charge in [0, 0.05) is 25.7 Å². The molecule has 0 radical (unpaired) electrons. The highest BCUT2D eigenvalue weighted by Crippen LogP contribution is 2.29. The third-order valence-corrected chi connectivity index (χ3v) is 4.97. The highest BCUT2D eigenvalue weighted by Gasteiger charge is 2.30. The molecule has 6 nitrogen and oxygen atoms in total. The van der Waals surface area contributed by atoms with Crippen LogP contribution in [0.3, 0.4) is 0 Å². The summed E-state index contributed by atoms with van der Waals surface area (Å²) >= 11 is 0. The number of carbonyl (C=O) groups excluding carboxylic acids is 1. The molecule has 2 aliphatic rings. The lowest BCUT2D eigenvalue weighted by atomic mass is 10.2. The van der Waals surface area contributed by atoms with E-state index in [1.807, 2.05) is 6.07 Å². The summed E-state index contributed by atoms with van der Waals surface area (Å²) in [6.45, 7) is 2.39.